The maximum Gasteiger partial charge on any atom is 0.410 e. The Labute approximate surface area is 158 Å². The zero-order chi connectivity index (χ0) is 19.1. The molecule has 2 aromatic rings. The third-order valence-electron chi connectivity index (χ3n) is 4.82. The lowest BCUT2D eigenvalue weighted by Crippen LogP contribution is -2.51. The molecule has 1 atom stereocenters. The summed E-state index contributed by atoms with van der Waals surface area (Å²) < 4.78 is 6.73. The first-order valence-corrected chi connectivity index (χ1v) is 9.22. The molecule has 27 heavy (non-hydrogen) atoms. The monoisotopic (exact) mass is 371 g/mol. The van der Waals surface area contributed by atoms with Crippen LogP contribution in [0.25, 0.3) is 0 Å². The molecule has 1 aromatic carbocycles. The number of hydrogen-bond acceptors (Lipinski definition) is 5. The SMILES string of the molecule is COC(=O)N1CCCC[C@H]1C(=O)NCc1nncn1CCc1ccccc1. The number of amides is 2. The summed E-state index contributed by atoms with van der Waals surface area (Å²) >= 11 is 0. The van der Waals surface area contributed by atoms with Crippen LogP contribution in [0, 0.1) is 0 Å². The largest absolute Gasteiger partial charge is 0.453 e. The van der Waals surface area contributed by atoms with Gasteiger partial charge in [0.25, 0.3) is 0 Å². The van der Waals surface area contributed by atoms with Gasteiger partial charge in [-0.2, -0.15) is 0 Å². The van der Waals surface area contributed by atoms with E-state index in [9.17, 15) is 9.59 Å². The Morgan fingerprint density at radius 2 is 2.07 bits per heavy atom. The van der Waals surface area contributed by atoms with Crippen LogP contribution in [0.1, 0.15) is 30.7 Å². The minimum atomic E-state index is -0.494. The van der Waals surface area contributed by atoms with E-state index >= 15 is 0 Å². The fourth-order valence-electron chi connectivity index (χ4n) is 3.32. The summed E-state index contributed by atoms with van der Waals surface area (Å²) in [5.41, 5.74) is 1.23. The number of likely N-dealkylation sites (tertiary alicyclic amines) is 1. The van der Waals surface area contributed by atoms with Crippen LogP contribution in [-0.4, -0.2) is 51.4 Å². The molecule has 0 radical (unpaired) electrons. The Kier molecular flexibility index (Phi) is 6.40. The number of nitrogens with one attached hydrogen (secondary N) is 1. The highest BCUT2D eigenvalue weighted by Crippen LogP contribution is 2.18. The summed E-state index contributed by atoms with van der Waals surface area (Å²) in [6, 6.07) is 9.69. The van der Waals surface area contributed by atoms with Gasteiger partial charge in [0.2, 0.25) is 5.91 Å². The molecule has 144 valence electrons. The molecule has 8 heteroatoms. The van der Waals surface area contributed by atoms with E-state index in [1.165, 1.54) is 17.6 Å². The zero-order valence-electron chi connectivity index (χ0n) is 15.5. The Bertz CT molecular complexity index is 762. The van der Waals surface area contributed by atoms with E-state index < -0.39 is 12.1 Å². The number of hydrogen-bond donors (Lipinski definition) is 1. The first-order chi connectivity index (χ1) is 13.2. The molecule has 8 nitrogen and oxygen atoms in total. The van der Waals surface area contributed by atoms with Gasteiger partial charge >= 0.3 is 6.09 Å². The molecule has 3 rings (SSSR count). The van der Waals surface area contributed by atoms with E-state index in [1.807, 2.05) is 22.8 Å². The van der Waals surface area contributed by atoms with Crippen molar-refractivity contribution in [3.63, 3.8) is 0 Å². The summed E-state index contributed by atoms with van der Waals surface area (Å²) in [4.78, 5) is 26.0. The summed E-state index contributed by atoms with van der Waals surface area (Å²) in [6.45, 7) is 1.55. The molecule has 0 spiro atoms. The number of methoxy groups -OCH3 is 1. The smallest absolute Gasteiger partial charge is 0.410 e. The van der Waals surface area contributed by atoms with Crippen LogP contribution in [0.5, 0.6) is 0 Å². The summed E-state index contributed by atoms with van der Waals surface area (Å²) in [7, 11) is 1.33. The minimum Gasteiger partial charge on any atom is -0.453 e. The number of nitrogens with zero attached hydrogens (tertiary/aromatic N) is 4. The van der Waals surface area contributed by atoms with Gasteiger partial charge in [-0.1, -0.05) is 30.3 Å². The Balaban J connectivity index is 1.56. The lowest BCUT2D eigenvalue weighted by Gasteiger charge is -2.33. The Morgan fingerprint density at radius 1 is 1.26 bits per heavy atom. The molecule has 1 fully saturated rings. The van der Waals surface area contributed by atoms with Crippen LogP contribution >= 0.6 is 0 Å². The van der Waals surface area contributed by atoms with E-state index in [2.05, 4.69) is 27.6 Å². The van der Waals surface area contributed by atoms with Crippen molar-refractivity contribution < 1.29 is 14.3 Å². The average Bonchev–Trinajstić information content (AvgIpc) is 3.18. The quantitative estimate of drug-likeness (QED) is 0.836. The Morgan fingerprint density at radius 3 is 2.85 bits per heavy atom. The number of aromatic nitrogens is 3. The molecule has 1 N–H and O–H groups in total. The maximum absolute atomic E-state index is 12.6. The van der Waals surface area contributed by atoms with Crippen molar-refractivity contribution in [1.82, 2.24) is 25.0 Å². The van der Waals surface area contributed by atoms with Gasteiger partial charge in [0.1, 0.15) is 12.4 Å². The number of carbonyl (C=O) groups is 2. The molecular weight excluding hydrogens is 346 g/mol. The standard InChI is InChI=1S/C19H25N5O3/c1-27-19(26)24-11-6-5-9-16(24)18(25)20-13-17-22-21-14-23(17)12-10-15-7-3-2-4-8-15/h2-4,7-8,14,16H,5-6,9-13H2,1H3,(H,20,25)/t16-/m0/s1. The highest BCUT2D eigenvalue weighted by molar-refractivity contribution is 5.85. The molecule has 1 aliphatic heterocycles. The van der Waals surface area contributed by atoms with Crippen LogP contribution in [0.4, 0.5) is 4.79 Å². The normalized spacial score (nSPS) is 16.8. The predicted octanol–water partition coefficient (Wildman–Crippen LogP) is 1.76. The fraction of sp³-hybridized carbons (Fsp3) is 0.474. The first-order valence-electron chi connectivity index (χ1n) is 9.22. The molecule has 1 aliphatic rings. The lowest BCUT2D eigenvalue weighted by atomic mass is 10.0. The van der Waals surface area contributed by atoms with E-state index in [1.54, 1.807) is 6.33 Å². The van der Waals surface area contributed by atoms with Gasteiger partial charge in [0, 0.05) is 13.1 Å². The number of ether oxygens (including phenoxy) is 1. The Hall–Kier alpha value is -2.90. The zero-order valence-corrected chi connectivity index (χ0v) is 15.5. The third kappa shape index (κ3) is 4.84. The van der Waals surface area contributed by atoms with E-state index in [0.717, 1.165) is 25.8 Å². The molecule has 2 amide bonds. The van der Waals surface area contributed by atoms with Gasteiger partial charge < -0.3 is 14.6 Å². The van der Waals surface area contributed by atoms with E-state index in [4.69, 9.17) is 4.74 Å². The second-order valence-electron chi connectivity index (χ2n) is 6.57. The average molecular weight is 371 g/mol. The number of aryl methyl sites for hydroxylation is 2. The van der Waals surface area contributed by atoms with Crippen molar-refractivity contribution in [3.8, 4) is 0 Å². The molecule has 0 aliphatic carbocycles. The van der Waals surface area contributed by atoms with Gasteiger partial charge in [0.15, 0.2) is 5.82 Å². The van der Waals surface area contributed by atoms with Crippen LogP contribution in [-0.2, 0) is 29.0 Å². The topological polar surface area (TPSA) is 89.3 Å². The minimum absolute atomic E-state index is 0.183. The second-order valence-corrected chi connectivity index (χ2v) is 6.57. The number of carbonyl (C=O) groups excluding carboxylic acids is 2. The van der Waals surface area contributed by atoms with Crippen LogP contribution in [0.15, 0.2) is 36.7 Å². The van der Waals surface area contributed by atoms with Crippen LogP contribution in [0.3, 0.4) is 0 Å². The van der Waals surface area contributed by atoms with Crippen molar-refractivity contribution in [3.05, 3.63) is 48.0 Å². The van der Waals surface area contributed by atoms with Crippen LogP contribution < -0.4 is 5.32 Å². The fourth-order valence-corrected chi connectivity index (χ4v) is 3.32. The first kappa shape index (κ1) is 18.9. The maximum atomic E-state index is 12.6. The highest BCUT2D eigenvalue weighted by atomic mass is 16.5. The number of benzene rings is 1. The summed E-state index contributed by atoms with van der Waals surface area (Å²) in [5, 5.41) is 11.0. The van der Waals surface area contributed by atoms with Crippen LogP contribution in [0.2, 0.25) is 0 Å². The molecule has 0 unspecified atom stereocenters. The summed E-state index contributed by atoms with van der Waals surface area (Å²) in [6.07, 6.45) is 4.51. The van der Waals surface area contributed by atoms with Crippen molar-refractivity contribution in [2.75, 3.05) is 13.7 Å². The van der Waals surface area contributed by atoms with Crippen molar-refractivity contribution in [2.45, 2.75) is 44.8 Å². The second kappa shape index (κ2) is 9.16. The summed E-state index contributed by atoms with van der Waals surface area (Å²) in [5.74, 6) is 0.511. The molecule has 0 bridgehead atoms. The van der Waals surface area contributed by atoms with Gasteiger partial charge in [-0.05, 0) is 31.2 Å². The van der Waals surface area contributed by atoms with Gasteiger partial charge in [0.05, 0.1) is 13.7 Å². The van der Waals surface area contributed by atoms with E-state index in [-0.39, 0.29) is 12.5 Å². The molecule has 1 aromatic heterocycles. The highest BCUT2D eigenvalue weighted by Gasteiger charge is 2.32. The van der Waals surface area contributed by atoms with Gasteiger partial charge in [-0.25, -0.2) is 4.79 Å². The molecule has 1 saturated heterocycles. The number of piperidine rings is 1. The molecular formula is C19H25N5O3. The lowest BCUT2D eigenvalue weighted by molar-refractivity contribution is -0.127. The van der Waals surface area contributed by atoms with Gasteiger partial charge in [-0.15, -0.1) is 10.2 Å². The van der Waals surface area contributed by atoms with Crippen molar-refractivity contribution in [2.24, 2.45) is 0 Å². The van der Waals surface area contributed by atoms with Gasteiger partial charge in [-0.3, -0.25) is 9.69 Å². The van der Waals surface area contributed by atoms with Crippen molar-refractivity contribution >= 4 is 12.0 Å². The third-order valence-corrected chi connectivity index (χ3v) is 4.82. The van der Waals surface area contributed by atoms with Crippen molar-refractivity contribution in [1.29, 1.82) is 0 Å². The molecule has 2 heterocycles. The number of rotatable bonds is 6. The predicted molar refractivity (Wildman–Crippen MR) is 98.8 cm³/mol. The molecule has 0 saturated carbocycles. The van der Waals surface area contributed by atoms with E-state index in [0.29, 0.717) is 18.8 Å².